The van der Waals surface area contributed by atoms with E-state index in [4.69, 9.17) is 5.73 Å². The van der Waals surface area contributed by atoms with E-state index in [0.29, 0.717) is 18.9 Å². The van der Waals surface area contributed by atoms with Crippen LogP contribution in [0.5, 0.6) is 0 Å². The van der Waals surface area contributed by atoms with E-state index in [1.807, 2.05) is 22.4 Å². The van der Waals surface area contributed by atoms with Crippen molar-refractivity contribution < 1.29 is 4.79 Å². The van der Waals surface area contributed by atoms with Crippen LogP contribution in [-0.2, 0) is 11.2 Å². The lowest BCUT2D eigenvalue weighted by Gasteiger charge is -2.32. The monoisotopic (exact) mass is 274 g/mol. The molecule has 1 aromatic heterocycles. The molecule has 1 atom stereocenters. The van der Waals surface area contributed by atoms with Gasteiger partial charge in [0.2, 0.25) is 5.91 Å². The van der Waals surface area contributed by atoms with Gasteiger partial charge in [-0.25, -0.2) is 0 Å². The molecule has 1 aromatic rings. The summed E-state index contributed by atoms with van der Waals surface area (Å²) in [7, 11) is 0. The zero-order valence-corrected chi connectivity index (χ0v) is 11.4. The molecule has 1 unspecified atom stereocenters. The molecule has 2 heterocycles. The van der Waals surface area contributed by atoms with Gasteiger partial charge in [-0.2, -0.15) is 0 Å². The van der Waals surface area contributed by atoms with Crippen molar-refractivity contribution in [2.24, 2.45) is 11.7 Å². The number of hydrogen-bond acceptors (Lipinski definition) is 3. The van der Waals surface area contributed by atoms with E-state index in [-0.39, 0.29) is 18.3 Å². The minimum atomic E-state index is 0. The second-order valence-corrected chi connectivity index (χ2v) is 5.37. The third-order valence-corrected chi connectivity index (χ3v) is 3.99. The lowest BCUT2D eigenvalue weighted by atomic mass is 9.98. The Kier molecular flexibility index (Phi) is 5.95. The Morgan fingerprint density at radius 2 is 2.41 bits per heavy atom. The minimum absolute atomic E-state index is 0. The summed E-state index contributed by atoms with van der Waals surface area (Å²) in [5.41, 5.74) is 5.67. The van der Waals surface area contributed by atoms with E-state index >= 15 is 0 Å². The van der Waals surface area contributed by atoms with Crippen LogP contribution in [0.4, 0.5) is 0 Å². The summed E-state index contributed by atoms with van der Waals surface area (Å²) in [6.07, 6.45) is 2.81. The van der Waals surface area contributed by atoms with Crippen molar-refractivity contribution in [2.45, 2.75) is 19.3 Å². The van der Waals surface area contributed by atoms with Gasteiger partial charge in [-0.3, -0.25) is 4.79 Å². The Morgan fingerprint density at radius 3 is 3.06 bits per heavy atom. The van der Waals surface area contributed by atoms with E-state index in [9.17, 15) is 4.79 Å². The van der Waals surface area contributed by atoms with Crippen LogP contribution in [0.2, 0.25) is 0 Å². The average Bonchev–Trinajstić information content (AvgIpc) is 2.82. The van der Waals surface area contributed by atoms with Crippen molar-refractivity contribution in [1.29, 1.82) is 0 Å². The van der Waals surface area contributed by atoms with Gasteiger partial charge >= 0.3 is 0 Å². The maximum absolute atomic E-state index is 12.0. The molecule has 1 amide bonds. The number of thiophene rings is 1. The highest BCUT2D eigenvalue weighted by molar-refractivity contribution is 7.10. The highest BCUT2D eigenvalue weighted by Crippen LogP contribution is 2.17. The van der Waals surface area contributed by atoms with Gasteiger partial charge in [-0.05, 0) is 36.8 Å². The maximum Gasteiger partial charge on any atom is 0.227 e. The van der Waals surface area contributed by atoms with Crippen molar-refractivity contribution in [3.8, 4) is 0 Å². The number of carbonyl (C=O) groups excluding carboxylic acids is 1. The fourth-order valence-electron chi connectivity index (χ4n) is 2.16. The number of nitrogens with two attached hydrogens (primary N) is 1. The predicted molar refractivity (Wildman–Crippen MR) is 73.6 cm³/mol. The van der Waals surface area contributed by atoms with Crippen LogP contribution in [-0.4, -0.2) is 30.4 Å². The topological polar surface area (TPSA) is 46.3 Å². The lowest BCUT2D eigenvalue weighted by molar-refractivity contribution is -0.132. The molecular weight excluding hydrogens is 256 g/mol. The molecular formula is C12H19ClN2OS. The molecule has 0 radical (unpaired) electrons. The van der Waals surface area contributed by atoms with Crippen LogP contribution in [0.3, 0.4) is 0 Å². The number of amides is 1. The van der Waals surface area contributed by atoms with Crippen molar-refractivity contribution in [1.82, 2.24) is 4.90 Å². The zero-order chi connectivity index (χ0) is 11.4. The Balaban J connectivity index is 0.00000144. The van der Waals surface area contributed by atoms with Crippen molar-refractivity contribution in [2.75, 3.05) is 19.6 Å². The number of nitrogens with zero attached hydrogens (tertiary/aromatic N) is 1. The fraction of sp³-hybridized carbons (Fsp3) is 0.583. The van der Waals surface area contributed by atoms with Crippen molar-refractivity contribution in [3.05, 3.63) is 22.4 Å². The maximum atomic E-state index is 12.0. The summed E-state index contributed by atoms with van der Waals surface area (Å²) in [4.78, 5) is 15.1. The van der Waals surface area contributed by atoms with Gasteiger partial charge in [-0.15, -0.1) is 23.7 Å². The minimum Gasteiger partial charge on any atom is -0.342 e. The van der Waals surface area contributed by atoms with Gasteiger partial charge < -0.3 is 10.6 Å². The number of rotatable bonds is 3. The molecule has 2 rings (SSSR count). The van der Waals surface area contributed by atoms with Gasteiger partial charge in [0.05, 0.1) is 6.42 Å². The summed E-state index contributed by atoms with van der Waals surface area (Å²) in [5.74, 6) is 0.752. The second kappa shape index (κ2) is 6.99. The first-order chi connectivity index (χ1) is 7.79. The largest absolute Gasteiger partial charge is 0.342 e. The first kappa shape index (κ1) is 14.5. The smallest absolute Gasteiger partial charge is 0.227 e. The molecule has 3 nitrogen and oxygen atoms in total. The Bertz CT molecular complexity index is 342. The summed E-state index contributed by atoms with van der Waals surface area (Å²) >= 11 is 1.65. The molecule has 17 heavy (non-hydrogen) atoms. The first-order valence-corrected chi connectivity index (χ1v) is 6.68. The number of halogens is 1. The number of carbonyl (C=O) groups is 1. The normalized spacial score (nSPS) is 19.8. The van der Waals surface area contributed by atoms with E-state index < -0.39 is 0 Å². The van der Waals surface area contributed by atoms with Crippen LogP contribution in [0, 0.1) is 5.92 Å². The molecule has 0 saturated carbocycles. The van der Waals surface area contributed by atoms with Crippen LogP contribution in [0.25, 0.3) is 0 Å². The Labute approximate surface area is 112 Å². The summed E-state index contributed by atoms with van der Waals surface area (Å²) in [6, 6.07) is 4.01. The molecule has 0 aliphatic carbocycles. The van der Waals surface area contributed by atoms with Gasteiger partial charge in [0, 0.05) is 18.0 Å². The summed E-state index contributed by atoms with van der Waals surface area (Å²) in [6.45, 7) is 2.45. The van der Waals surface area contributed by atoms with Crippen LogP contribution in [0.1, 0.15) is 17.7 Å². The van der Waals surface area contributed by atoms with Gasteiger partial charge in [0.15, 0.2) is 0 Å². The van der Waals surface area contributed by atoms with Crippen molar-refractivity contribution in [3.63, 3.8) is 0 Å². The quantitative estimate of drug-likeness (QED) is 0.915. The second-order valence-electron chi connectivity index (χ2n) is 4.34. The highest BCUT2D eigenvalue weighted by atomic mass is 35.5. The molecule has 1 fully saturated rings. The standard InChI is InChI=1S/C12H18N2OS.ClH/c13-8-10-3-1-5-14(9-10)12(15)7-11-4-2-6-16-11;/h2,4,6,10H,1,3,5,7-9,13H2;1H. The average molecular weight is 275 g/mol. The SMILES string of the molecule is Cl.NCC1CCCN(C(=O)Cc2cccs2)C1. The number of piperidine rings is 1. The van der Waals surface area contributed by atoms with Crippen molar-refractivity contribution >= 4 is 29.7 Å². The molecule has 2 N–H and O–H groups in total. The molecule has 5 heteroatoms. The van der Waals surface area contributed by atoms with E-state index in [0.717, 1.165) is 24.4 Å². The summed E-state index contributed by atoms with van der Waals surface area (Å²) < 4.78 is 0. The Hall–Kier alpha value is -0.580. The fourth-order valence-corrected chi connectivity index (χ4v) is 2.85. The number of likely N-dealkylation sites (tertiary alicyclic amines) is 1. The van der Waals surface area contributed by atoms with Gasteiger partial charge in [-0.1, -0.05) is 6.07 Å². The molecule has 1 saturated heterocycles. The summed E-state index contributed by atoms with van der Waals surface area (Å²) in [5, 5.41) is 2.02. The highest BCUT2D eigenvalue weighted by Gasteiger charge is 2.22. The van der Waals surface area contributed by atoms with E-state index in [1.54, 1.807) is 11.3 Å². The van der Waals surface area contributed by atoms with Gasteiger partial charge in [0.1, 0.15) is 0 Å². The third kappa shape index (κ3) is 3.98. The Morgan fingerprint density at radius 1 is 1.59 bits per heavy atom. The third-order valence-electron chi connectivity index (χ3n) is 3.11. The molecule has 0 bridgehead atoms. The lowest BCUT2D eigenvalue weighted by Crippen LogP contribution is -2.42. The molecule has 96 valence electrons. The van der Waals surface area contributed by atoms with E-state index in [1.165, 1.54) is 6.42 Å². The molecule has 0 aromatic carbocycles. The predicted octanol–water partition coefficient (Wildman–Crippen LogP) is 1.91. The van der Waals surface area contributed by atoms with Gasteiger partial charge in [0.25, 0.3) is 0 Å². The van der Waals surface area contributed by atoms with Crippen LogP contribution < -0.4 is 5.73 Å². The molecule has 1 aliphatic heterocycles. The zero-order valence-electron chi connectivity index (χ0n) is 9.80. The molecule has 0 spiro atoms. The first-order valence-electron chi connectivity index (χ1n) is 5.80. The van der Waals surface area contributed by atoms with E-state index in [2.05, 4.69) is 0 Å². The molecule has 1 aliphatic rings. The number of hydrogen-bond donors (Lipinski definition) is 1. The van der Waals surface area contributed by atoms with Crippen LogP contribution in [0.15, 0.2) is 17.5 Å². The van der Waals surface area contributed by atoms with Crippen LogP contribution >= 0.6 is 23.7 Å².